The molecule has 2 aromatic rings. The fourth-order valence-corrected chi connectivity index (χ4v) is 2.32. The summed E-state index contributed by atoms with van der Waals surface area (Å²) >= 11 is 0. The van der Waals surface area contributed by atoms with Crippen molar-refractivity contribution >= 4 is 0 Å². The number of aliphatic hydroxyl groups is 1. The molecule has 3 nitrogen and oxygen atoms in total. The Labute approximate surface area is 130 Å². The first-order valence-corrected chi connectivity index (χ1v) is 7.39. The molecule has 0 aliphatic heterocycles. The number of ether oxygens (including phenoxy) is 1. The lowest BCUT2D eigenvalue weighted by molar-refractivity contribution is 0.170. The number of aliphatic hydroxyl groups excluding tert-OH is 1. The predicted octanol–water partition coefficient (Wildman–Crippen LogP) is 3.09. The van der Waals surface area contributed by atoms with Gasteiger partial charge in [0, 0.05) is 12.6 Å². The fraction of sp³-hybridized carbons (Fsp3) is 0.333. The fourth-order valence-electron chi connectivity index (χ4n) is 2.32. The summed E-state index contributed by atoms with van der Waals surface area (Å²) in [6.07, 6.45) is -0.0175. The number of hydrogen-bond donors (Lipinski definition) is 2. The normalized spacial score (nSPS) is 13.6. The summed E-state index contributed by atoms with van der Waals surface area (Å²) in [5.41, 5.74) is 1.51. The van der Waals surface area contributed by atoms with Crippen molar-refractivity contribution in [2.75, 3.05) is 13.7 Å². The van der Waals surface area contributed by atoms with Gasteiger partial charge in [0.2, 0.25) is 0 Å². The second-order valence-corrected chi connectivity index (χ2v) is 5.39. The minimum absolute atomic E-state index is 0.0739. The van der Waals surface area contributed by atoms with Crippen molar-refractivity contribution < 1.29 is 14.2 Å². The quantitative estimate of drug-likeness (QED) is 0.826. The lowest BCUT2D eigenvalue weighted by Gasteiger charge is -2.18. The standard InChI is InChI=1S/C18H22FNO2/c1-13(11-15-5-3-4-6-17(15)19)20-12-18(21)14-7-9-16(22-2)10-8-14/h3-10,13,18,20-21H,11-12H2,1-2H3. The predicted molar refractivity (Wildman–Crippen MR) is 85.5 cm³/mol. The van der Waals surface area contributed by atoms with Gasteiger partial charge >= 0.3 is 0 Å². The van der Waals surface area contributed by atoms with Gasteiger partial charge in [0.25, 0.3) is 0 Å². The van der Waals surface area contributed by atoms with Gasteiger partial charge in [0.05, 0.1) is 13.2 Å². The number of rotatable bonds is 7. The summed E-state index contributed by atoms with van der Waals surface area (Å²) < 4.78 is 18.7. The number of methoxy groups -OCH3 is 1. The van der Waals surface area contributed by atoms with E-state index in [0.29, 0.717) is 18.5 Å². The molecule has 118 valence electrons. The molecule has 4 heteroatoms. The van der Waals surface area contributed by atoms with Crippen LogP contribution >= 0.6 is 0 Å². The topological polar surface area (TPSA) is 41.5 Å². The minimum atomic E-state index is -0.603. The highest BCUT2D eigenvalue weighted by Crippen LogP contribution is 2.17. The average molecular weight is 303 g/mol. The van der Waals surface area contributed by atoms with E-state index < -0.39 is 6.10 Å². The van der Waals surface area contributed by atoms with E-state index in [9.17, 15) is 9.50 Å². The number of nitrogens with one attached hydrogen (secondary N) is 1. The smallest absolute Gasteiger partial charge is 0.126 e. The summed E-state index contributed by atoms with van der Waals surface area (Å²) in [6.45, 7) is 2.40. The van der Waals surface area contributed by atoms with Crippen molar-refractivity contribution in [3.05, 3.63) is 65.5 Å². The second-order valence-electron chi connectivity index (χ2n) is 5.39. The Balaban J connectivity index is 1.84. The van der Waals surface area contributed by atoms with E-state index in [4.69, 9.17) is 4.74 Å². The summed E-state index contributed by atoms with van der Waals surface area (Å²) in [4.78, 5) is 0. The van der Waals surface area contributed by atoms with E-state index in [-0.39, 0.29) is 11.9 Å². The molecule has 0 bridgehead atoms. The maximum Gasteiger partial charge on any atom is 0.126 e. The van der Waals surface area contributed by atoms with Crippen LogP contribution in [0.3, 0.4) is 0 Å². The first-order chi connectivity index (χ1) is 10.6. The van der Waals surface area contributed by atoms with E-state index in [2.05, 4.69) is 5.32 Å². The van der Waals surface area contributed by atoms with Crippen molar-refractivity contribution in [3.8, 4) is 5.75 Å². The first kappa shape index (κ1) is 16.5. The van der Waals surface area contributed by atoms with Gasteiger partial charge in [-0.3, -0.25) is 0 Å². The van der Waals surface area contributed by atoms with Gasteiger partial charge < -0.3 is 15.2 Å². The molecule has 0 saturated heterocycles. The largest absolute Gasteiger partial charge is 0.497 e. The second kappa shape index (κ2) is 7.92. The molecular formula is C18H22FNO2. The maximum absolute atomic E-state index is 13.6. The molecular weight excluding hydrogens is 281 g/mol. The van der Waals surface area contributed by atoms with Crippen LogP contribution in [0.1, 0.15) is 24.2 Å². The third-order valence-corrected chi connectivity index (χ3v) is 3.64. The van der Waals surface area contributed by atoms with E-state index in [0.717, 1.165) is 11.3 Å². The van der Waals surface area contributed by atoms with Gasteiger partial charge in [-0.2, -0.15) is 0 Å². The third-order valence-electron chi connectivity index (χ3n) is 3.64. The molecule has 0 heterocycles. The zero-order valence-electron chi connectivity index (χ0n) is 12.9. The molecule has 0 fully saturated rings. The van der Waals surface area contributed by atoms with Crippen LogP contribution in [0, 0.1) is 5.82 Å². The molecule has 0 aliphatic rings. The zero-order valence-corrected chi connectivity index (χ0v) is 12.9. The van der Waals surface area contributed by atoms with Gasteiger partial charge in [0.1, 0.15) is 11.6 Å². The molecule has 2 unspecified atom stereocenters. The number of halogens is 1. The van der Waals surface area contributed by atoms with Crippen molar-refractivity contribution in [3.63, 3.8) is 0 Å². The molecule has 0 radical (unpaired) electrons. The Morgan fingerprint density at radius 3 is 2.45 bits per heavy atom. The van der Waals surface area contributed by atoms with Crippen LogP contribution in [0.2, 0.25) is 0 Å². The minimum Gasteiger partial charge on any atom is -0.497 e. The van der Waals surface area contributed by atoms with Gasteiger partial charge in [0.15, 0.2) is 0 Å². The SMILES string of the molecule is COc1ccc(C(O)CNC(C)Cc2ccccc2F)cc1. The lowest BCUT2D eigenvalue weighted by atomic mass is 10.1. The van der Waals surface area contributed by atoms with E-state index in [1.165, 1.54) is 6.07 Å². The number of benzene rings is 2. The summed E-state index contributed by atoms with van der Waals surface area (Å²) in [5.74, 6) is 0.573. The van der Waals surface area contributed by atoms with Crippen LogP contribution in [-0.4, -0.2) is 24.8 Å². The van der Waals surface area contributed by atoms with Crippen LogP contribution < -0.4 is 10.1 Å². The Hall–Kier alpha value is -1.91. The highest BCUT2D eigenvalue weighted by molar-refractivity contribution is 5.28. The van der Waals surface area contributed by atoms with Crippen LogP contribution in [0.25, 0.3) is 0 Å². The Morgan fingerprint density at radius 1 is 1.14 bits per heavy atom. The van der Waals surface area contributed by atoms with E-state index in [1.807, 2.05) is 37.3 Å². The van der Waals surface area contributed by atoms with E-state index in [1.54, 1.807) is 19.2 Å². The van der Waals surface area contributed by atoms with Crippen LogP contribution in [0.5, 0.6) is 5.75 Å². The van der Waals surface area contributed by atoms with Gasteiger partial charge in [-0.15, -0.1) is 0 Å². The molecule has 2 N–H and O–H groups in total. The molecule has 0 saturated carbocycles. The van der Waals surface area contributed by atoms with Crippen molar-refractivity contribution in [1.82, 2.24) is 5.32 Å². The molecule has 2 rings (SSSR count). The Kier molecular flexibility index (Phi) is 5.92. The van der Waals surface area contributed by atoms with Gasteiger partial charge in [-0.1, -0.05) is 30.3 Å². The summed E-state index contributed by atoms with van der Waals surface area (Å²) in [7, 11) is 1.61. The van der Waals surface area contributed by atoms with Crippen LogP contribution in [-0.2, 0) is 6.42 Å². The molecule has 0 spiro atoms. The third kappa shape index (κ3) is 4.55. The number of hydrogen-bond acceptors (Lipinski definition) is 3. The highest BCUT2D eigenvalue weighted by Gasteiger charge is 2.11. The average Bonchev–Trinajstić information content (AvgIpc) is 2.55. The molecule has 2 atom stereocenters. The Bertz CT molecular complexity index is 586. The molecule has 22 heavy (non-hydrogen) atoms. The molecule has 0 aromatic heterocycles. The van der Waals surface area contributed by atoms with E-state index >= 15 is 0 Å². The van der Waals surface area contributed by atoms with Crippen molar-refractivity contribution in [1.29, 1.82) is 0 Å². The summed E-state index contributed by atoms with van der Waals surface area (Å²) in [5, 5.41) is 13.4. The first-order valence-electron chi connectivity index (χ1n) is 7.39. The maximum atomic E-state index is 13.6. The van der Waals surface area contributed by atoms with Gasteiger partial charge in [-0.25, -0.2) is 4.39 Å². The molecule has 0 amide bonds. The van der Waals surface area contributed by atoms with Crippen molar-refractivity contribution in [2.24, 2.45) is 0 Å². The molecule has 2 aromatic carbocycles. The lowest BCUT2D eigenvalue weighted by Crippen LogP contribution is -2.32. The Morgan fingerprint density at radius 2 is 1.82 bits per heavy atom. The monoisotopic (exact) mass is 303 g/mol. The molecule has 0 aliphatic carbocycles. The van der Waals surface area contributed by atoms with Gasteiger partial charge in [-0.05, 0) is 42.7 Å². The van der Waals surface area contributed by atoms with Crippen molar-refractivity contribution in [2.45, 2.75) is 25.5 Å². The highest BCUT2D eigenvalue weighted by atomic mass is 19.1. The van der Waals surface area contributed by atoms with Crippen LogP contribution in [0.4, 0.5) is 4.39 Å². The van der Waals surface area contributed by atoms with Crippen LogP contribution in [0.15, 0.2) is 48.5 Å². The summed E-state index contributed by atoms with van der Waals surface area (Å²) in [6, 6.07) is 14.2. The zero-order chi connectivity index (χ0) is 15.9.